The van der Waals surface area contributed by atoms with E-state index in [4.69, 9.17) is 16.2 Å². The number of esters is 1. The first-order chi connectivity index (χ1) is 6.13. The van der Waals surface area contributed by atoms with Crippen LogP contribution in [0.2, 0.25) is 0 Å². The molecule has 0 amide bonds. The summed E-state index contributed by atoms with van der Waals surface area (Å²) >= 11 is 1.17. The van der Waals surface area contributed by atoms with Crippen molar-refractivity contribution in [1.82, 2.24) is 4.98 Å². The van der Waals surface area contributed by atoms with E-state index in [9.17, 15) is 4.79 Å². The largest absolute Gasteiger partial charge is 0.466 e. The molecule has 0 fully saturated rings. The van der Waals surface area contributed by atoms with Crippen molar-refractivity contribution in [1.29, 1.82) is 0 Å². The van der Waals surface area contributed by atoms with Gasteiger partial charge in [-0.1, -0.05) is 11.3 Å². The fraction of sp³-hybridized carbons (Fsp3) is 0.429. The molecule has 4 N–H and O–H groups in total. The Kier molecular flexibility index (Phi) is 3.07. The zero-order valence-corrected chi connectivity index (χ0v) is 8.06. The number of nitrogens with zero attached hydrogens (tertiary/aromatic N) is 1. The number of carbonyl (C=O) groups excluding carboxylic acids is 1. The molecule has 0 atom stereocenters. The molecule has 72 valence electrons. The van der Waals surface area contributed by atoms with E-state index in [0.717, 1.165) is 0 Å². The van der Waals surface area contributed by atoms with Crippen molar-refractivity contribution in [2.75, 3.05) is 18.1 Å². The minimum atomic E-state index is -0.334. The highest BCUT2D eigenvalue weighted by atomic mass is 32.1. The van der Waals surface area contributed by atoms with Crippen LogP contribution in [0, 0.1) is 0 Å². The summed E-state index contributed by atoms with van der Waals surface area (Å²) in [5.74, 6) is -0.334. The standard InChI is InChI=1S/C7H11N3O2S/c1-2-12-5(11)3-4-6(8)13-7(9)10-4/h2-3,8H2,1H3,(H2,9,10). The molecular weight excluding hydrogens is 190 g/mol. The van der Waals surface area contributed by atoms with E-state index in [0.29, 0.717) is 22.4 Å². The average molecular weight is 201 g/mol. The summed E-state index contributed by atoms with van der Waals surface area (Å²) in [6.45, 7) is 2.11. The topological polar surface area (TPSA) is 91.2 Å². The molecule has 0 aliphatic heterocycles. The van der Waals surface area contributed by atoms with Crippen molar-refractivity contribution in [3.63, 3.8) is 0 Å². The highest BCUT2D eigenvalue weighted by Gasteiger charge is 2.11. The van der Waals surface area contributed by atoms with Crippen LogP contribution in [0.3, 0.4) is 0 Å². The van der Waals surface area contributed by atoms with Gasteiger partial charge in [0.25, 0.3) is 0 Å². The third-order valence-electron chi connectivity index (χ3n) is 1.36. The van der Waals surface area contributed by atoms with E-state index in [1.54, 1.807) is 6.92 Å². The minimum Gasteiger partial charge on any atom is -0.466 e. The molecular formula is C7H11N3O2S. The van der Waals surface area contributed by atoms with Gasteiger partial charge in [0.2, 0.25) is 0 Å². The van der Waals surface area contributed by atoms with Crippen molar-refractivity contribution in [3.8, 4) is 0 Å². The highest BCUT2D eigenvalue weighted by Crippen LogP contribution is 2.22. The zero-order chi connectivity index (χ0) is 9.84. The number of anilines is 2. The van der Waals surface area contributed by atoms with E-state index in [1.807, 2.05) is 0 Å². The maximum absolute atomic E-state index is 11.0. The van der Waals surface area contributed by atoms with Gasteiger partial charge in [-0.05, 0) is 6.92 Å². The van der Waals surface area contributed by atoms with Gasteiger partial charge in [-0.3, -0.25) is 4.79 Å². The molecule has 6 heteroatoms. The quantitative estimate of drug-likeness (QED) is 0.691. The number of thiazole rings is 1. The lowest BCUT2D eigenvalue weighted by Gasteiger charge is -1.98. The first-order valence-electron chi connectivity index (χ1n) is 3.79. The molecule has 0 saturated carbocycles. The number of carbonyl (C=O) groups is 1. The highest BCUT2D eigenvalue weighted by molar-refractivity contribution is 7.19. The van der Waals surface area contributed by atoms with Gasteiger partial charge in [-0.15, -0.1) is 0 Å². The Bertz CT molecular complexity index is 311. The molecule has 13 heavy (non-hydrogen) atoms. The molecule has 0 spiro atoms. The number of hydrogen-bond acceptors (Lipinski definition) is 6. The van der Waals surface area contributed by atoms with Crippen molar-refractivity contribution >= 4 is 27.4 Å². The van der Waals surface area contributed by atoms with Crippen LogP contribution in [0.25, 0.3) is 0 Å². The first kappa shape index (κ1) is 9.79. The summed E-state index contributed by atoms with van der Waals surface area (Å²) in [5.41, 5.74) is 11.5. The van der Waals surface area contributed by atoms with Crippen molar-refractivity contribution in [2.45, 2.75) is 13.3 Å². The number of ether oxygens (including phenoxy) is 1. The molecule has 0 bridgehead atoms. The second-order valence-corrected chi connectivity index (χ2v) is 3.41. The van der Waals surface area contributed by atoms with Gasteiger partial charge < -0.3 is 16.2 Å². The van der Waals surface area contributed by atoms with Crippen LogP contribution in [-0.4, -0.2) is 17.6 Å². The Morgan fingerprint density at radius 1 is 1.62 bits per heavy atom. The van der Waals surface area contributed by atoms with Crippen LogP contribution < -0.4 is 11.5 Å². The Labute approximate surface area is 79.7 Å². The Morgan fingerprint density at radius 2 is 2.31 bits per heavy atom. The molecule has 1 rings (SSSR count). The van der Waals surface area contributed by atoms with E-state index >= 15 is 0 Å². The Balaban J connectivity index is 2.63. The predicted octanol–water partition coefficient (Wildman–Crippen LogP) is 0.413. The van der Waals surface area contributed by atoms with Crippen LogP contribution >= 0.6 is 11.3 Å². The molecule has 1 heterocycles. The van der Waals surface area contributed by atoms with Gasteiger partial charge >= 0.3 is 5.97 Å². The summed E-state index contributed by atoms with van der Waals surface area (Å²) in [6, 6.07) is 0. The van der Waals surface area contributed by atoms with Crippen LogP contribution in [0.1, 0.15) is 12.6 Å². The molecule has 0 aromatic carbocycles. The third-order valence-corrected chi connectivity index (χ3v) is 2.12. The number of rotatable bonds is 3. The zero-order valence-electron chi connectivity index (χ0n) is 7.24. The van der Waals surface area contributed by atoms with Gasteiger partial charge in [0.1, 0.15) is 5.00 Å². The second-order valence-electron chi connectivity index (χ2n) is 2.34. The number of aromatic nitrogens is 1. The Hall–Kier alpha value is -1.30. The van der Waals surface area contributed by atoms with E-state index in [1.165, 1.54) is 11.3 Å². The normalized spacial score (nSPS) is 9.92. The molecule has 0 aliphatic rings. The van der Waals surface area contributed by atoms with Crippen molar-refractivity contribution < 1.29 is 9.53 Å². The number of hydrogen-bond donors (Lipinski definition) is 2. The lowest BCUT2D eigenvalue weighted by molar-refractivity contribution is -0.142. The fourth-order valence-electron chi connectivity index (χ4n) is 0.858. The molecule has 5 nitrogen and oxygen atoms in total. The van der Waals surface area contributed by atoms with Gasteiger partial charge in [-0.2, -0.15) is 0 Å². The first-order valence-corrected chi connectivity index (χ1v) is 4.61. The van der Waals surface area contributed by atoms with Gasteiger partial charge in [0, 0.05) is 0 Å². The van der Waals surface area contributed by atoms with Crippen LogP contribution in [-0.2, 0) is 16.0 Å². The SMILES string of the molecule is CCOC(=O)Cc1nc(N)sc1N. The fourth-order valence-corrected chi connectivity index (χ4v) is 1.47. The minimum absolute atomic E-state index is 0.0906. The van der Waals surface area contributed by atoms with E-state index < -0.39 is 0 Å². The van der Waals surface area contributed by atoms with Gasteiger partial charge in [-0.25, -0.2) is 4.98 Å². The lowest BCUT2D eigenvalue weighted by atomic mass is 10.3. The summed E-state index contributed by atoms with van der Waals surface area (Å²) < 4.78 is 4.74. The molecule has 1 aromatic heterocycles. The van der Waals surface area contributed by atoms with Crippen LogP contribution in [0.5, 0.6) is 0 Å². The predicted molar refractivity (Wildman–Crippen MR) is 51.3 cm³/mol. The summed E-state index contributed by atoms with van der Waals surface area (Å²) in [5, 5.41) is 0.849. The third kappa shape index (κ3) is 2.59. The second kappa shape index (κ2) is 4.08. The molecule has 0 saturated heterocycles. The summed E-state index contributed by atoms with van der Waals surface area (Å²) in [6.07, 6.45) is 0.0906. The lowest BCUT2D eigenvalue weighted by Crippen LogP contribution is -2.08. The van der Waals surface area contributed by atoms with Crippen LogP contribution in [0.4, 0.5) is 10.1 Å². The van der Waals surface area contributed by atoms with Crippen LogP contribution in [0.15, 0.2) is 0 Å². The van der Waals surface area contributed by atoms with E-state index in [-0.39, 0.29) is 12.4 Å². The van der Waals surface area contributed by atoms with Gasteiger partial charge in [0.15, 0.2) is 5.13 Å². The summed E-state index contributed by atoms with van der Waals surface area (Å²) in [7, 11) is 0. The van der Waals surface area contributed by atoms with Crippen molar-refractivity contribution in [2.24, 2.45) is 0 Å². The van der Waals surface area contributed by atoms with E-state index in [2.05, 4.69) is 4.98 Å². The number of nitrogens with two attached hydrogens (primary N) is 2. The monoisotopic (exact) mass is 201 g/mol. The Morgan fingerprint density at radius 3 is 2.77 bits per heavy atom. The average Bonchev–Trinajstić information content (AvgIpc) is 2.30. The molecule has 0 unspecified atom stereocenters. The molecule has 1 aromatic rings. The number of nitrogen functional groups attached to an aromatic ring is 2. The smallest absolute Gasteiger partial charge is 0.311 e. The summed E-state index contributed by atoms with van der Waals surface area (Å²) in [4.78, 5) is 14.9. The maximum atomic E-state index is 11.0. The maximum Gasteiger partial charge on any atom is 0.311 e. The molecule has 0 radical (unpaired) electrons. The van der Waals surface area contributed by atoms with Crippen molar-refractivity contribution in [3.05, 3.63) is 5.69 Å². The van der Waals surface area contributed by atoms with Gasteiger partial charge in [0.05, 0.1) is 18.7 Å². The molecule has 0 aliphatic carbocycles.